The van der Waals surface area contributed by atoms with Crippen LogP contribution in [0.15, 0.2) is 23.4 Å². The zero-order chi connectivity index (χ0) is 30.7. The molecular formula is C26H43N5O8S2. The van der Waals surface area contributed by atoms with Crippen molar-refractivity contribution in [3.8, 4) is 0 Å². The summed E-state index contributed by atoms with van der Waals surface area (Å²) in [6.07, 6.45) is 2.91. The van der Waals surface area contributed by atoms with Gasteiger partial charge in [-0.15, -0.1) is 0 Å². The van der Waals surface area contributed by atoms with Crippen LogP contribution in [-0.4, -0.2) is 82.7 Å². The van der Waals surface area contributed by atoms with E-state index in [1.807, 2.05) is 27.7 Å². The van der Waals surface area contributed by atoms with Gasteiger partial charge in [0.1, 0.15) is 17.8 Å². The van der Waals surface area contributed by atoms with Crippen LogP contribution in [-0.2, 0) is 19.1 Å². The molecule has 1 rings (SSSR count). The fourth-order valence-electron chi connectivity index (χ4n) is 3.15. The van der Waals surface area contributed by atoms with E-state index in [0.29, 0.717) is 50.2 Å². The van der Waals surface area contributed by atoms with Gasteiger partial charge in [0.2, 0.25) is 11.8 Å². The molecule has 0 saturated carbocycles. The smallest absolute Gasteiger partial charge is 0.407 e. The standard InChI is InChI=1S/C26H43N5O8S2/c1-5-20(17-32)39-21(6-2)18-38-25(35)29-15-11-23(34)28-14-7-13-27-22(33)10-12-26(3,4)41-40-24-9-8-19(16-30-24)31(36)37/h8-9,16,20-21,32H,5-7,10-15,17-18H2,1-4H3,(H,27,33)(H,28,34)(H,29,35). The Morgan fingerprint density at radius 2 is 1.71 bits per heavy atom. The minimum absolute atomic E-state index is 0.0577. The highest BCUT2D eigenvalue weighted by Gasteiger charge is 2.21. The quantitative estimate of drug-likeness (QED) is 0.0684. The second kappa shape index (κ2) is 20.3. The Labute approximate surface area is 249 Å². The van der Waals surface area contributed by atoms with Crippen LogP contribution in [0.1, 0.15) is 66.2 Å². The van der Waals surface area contributed by atoms with Crippen molar-refractivity contribution in [1.82, 2.24) is 20.9 Å². The predicted molar refractivity (Wildman–Crippen MR) is 159 cm³/mol. The molecule has 0 spiro atoms. The molecule has 13 nitrogen and oxygen atoms in total. The maximum Gasteiger partial charge on any atom is 0.407 e. The molecule has 3 amide bonds. The molecule has 0 aliphatic rings. The number of hydrogen-bond donors (Lipinski definition) is 4. The molecular weight excluding hydrogens is 574 g/mol. The van der Waals surface area contributed by atoms with E-state index in [2.05, 4.69) is 20.9 Å². The number of ether oxygens (including phenoxy) is 2. The van der Waals surface area contributed by atoms with Gasteiger partial charge in [0.25, 0.3) is 5.69 Å². The summed E-state index contributed by atoms with van der Waals surface area (Å²) < 4.78 is 10.6. The average molecular weight is 618 g/mol. The van der Waals surface area contributed by atoms with Gasteiger partial charge in [-0.2, -0.15) is 0 Å². The highest BCUT2D eigenvalue weighted by Crippen LogP contribution is 2.42. The van der Waals surface area contributed by atoms with E-state index in [4.69, 9.17) is 9.47 Å². The maximum absolute atomic E-state index is 12.2. The summed E-state index contributed by atoms with van der Waals surface area (Å²) in [7, 11) is 2.96. The number of amides is 3. The van der Waals surface area contributed by atoms with Crippen LogP contribution in [0.3, 0.4) is 0 Å². The largest absolute Gasteiger partial charge is 0.447 e. The number of carbonyl (C=O) groups is 3. The van der Waals surface area contributed by atoms with Crippen molar-refractivity contribution in [3.05, 3.63) is 28.4 Å². The molecule has 1 aromatic rings. The highest BCUT2D eigenvalue weighted by atomic mass is 33.1. The van der Waals surface area contributed by atoms with Gasteiger partial charge < -0.3 is 30.5 Å². The summed E-state index contributed by atoms with van der Waals surface area (Å²) in [5.74, 6) is -0.303. The highest BCUT2D eigenvalue weighted by molar-refractivity contribution is 8.77. The Bertz CT molecular complexity index is 948. The maximum atomic E-state index is 12.2. The van der Waals surface area contributed by atoms with Gasteiger partial charge in [0.05, 0.1) is 23.7 Å². The molecule has 4 N–H and O–H groups in total. The van der Waals surface area contributed by atoms with Crippen LogP contribution < -0.4 is 16.0 Å². The monoisotopic (exact) mass is 617 g/mol. The van der Waals surface area contributed by atoms with E-state index >= 15 is 0 Å². The fourth-order valence-corrected chi connectivity index (χ4v) is 5.35. The van der Waals surface area contributed by atoms with Crippen LogP contribution in [0.25, 0.3) is 0 Å². The molecule has 0 fully saturated rings. The molecule has 0 bridgehead atoms. The van der Waals surface area contributed by atoms with Gasteiger partial charge in [-0.05, 0) is 56.4 Å². The molecule has 0 aliphatic heterocycles. The third kappa shape index (κ3) is 17.1. The molecule has 41 heavy (non-hydrogen) atoms. The summed E-state index contributed by atoms with van der Waals surface area (Å²) in [5, 5.41) is 28.7. The Balaban J connectivity index is 2.12. The van der Waals surface area contributed by atoms with Gasteiger partial charge in [0, 0.05) is 43.3 Å². The zero-order valence-electron chi connectivity index (χ0n) is 24.2. The van der Waals surface area contributed by atoms with Crippen molar-refractivity contribution >= 4 is 45.2 Å². The van der Waals surface area contributed by atoms with Gasteiger partial charge in [-0.1, -0.05) is 24.6 Å². The van der Waals surface area contributed by atoms with Crippen molar-refractivity contribution in [2.45, 2.75) is 88.2 Å². The van der Waals surface area contributed by atoms with Crippen LogP contribution in [0.4, 0.5) is 10.5 Å². The lowest BCUT2D eigenvalue weighted by atomic mass is 10.1. The number of nitrogens with one attached hydrogen (secondary N) is 3. The van der Waals surface area contributed by atoms with E-state index in [1.165, 1.54) is 23.1 Å². The summed E-state index contributed by atoms with van der Waals surface area (Å²) >= 11 is 0. The van der Waals surface area contributed by atoms with Crippen molar-refractivity contribution in [3.63, 3.8) is 0 Å². The number of rotatable bonds is 21. The molecule has 0 aromatic carbocycles. The Hall–Kier alpha value is -2.62. The SMILES string of the molecule is CCC(CO)OC(CC)COC(=O)NCCC(=O)NCCCNC(=O)CCC(C)(C)SSc1ccc([N+](=O)[O-])cn1. The number of pyridine rings is 1. The second-order valence-electron chi connectivity index (χ2n) is 9.75. The number of aliphatic hydroxyl groups is 1. The average Bonchev–Trinajstić information content (AvgIpc) is 2.95. The van der Waals surface area contributed by atoms with Crippen LogP contribution in [0.2, 0.25) is 0 Å². The van der Waals surface area contributed by atoms with Gasteiger partial charge >= 0.3 is 6.09 Å². The van der Waals surface area contributed by atoms with Crippen molar-refractivity contribution in [2.75, 3.05) is 32.8 Å². The molecule has 2 atom stereocenters. The number of aromatic nitrogens is 1. The lowest BCUT2D eigenvalue weighted by Crippen LogP contribution is -2.34. The lowest BCUT2D eigenvalue weighted by Gasteiger charge is -2.22. The first kappa shape index (κ1) is 36.4. The molecule has 2 unspecified atom stereocenters. The van der Waals surface area contributed by atoms with Gasteiger partial charge in [-0.25, -0.2) is 9.78 Å². The Kier molecular flexibility index (Phi) is 18.0. The predicted octanol–water partition coefficient (Wildman–Crippen LogP) is 3.59. The minimum Gasteiger partial charge on any atom is -0.447 e. The van der Waals surface area contributed by atoms with Crippen molar-refractivity contribution in [1.29, 1.82) is 0 Å². The van der Waals surface area contributed by atoms with E-state index in [9.17, 15) is 29.6 Å². The lowest BCUT2D eigenvalue weighted by molar-refractivity contribution is -0.385. The minimum atomic E-state index is -0.636. The van der Waals surface area contributed by atoms with Crippen LogP contribution in [0.5, 0.6) is 0 Å². The van der Waals surface area contributed by atoms with Crippen molar-refractivity contribution < 1.29 is 33.9 Å². The van der Waals surface area contributed by atoms with E-state index in [1.54, 1.807) is 16.9 Å². The van der Waals surface area contributed by atoms with E-state index < -0.39 is 11.0 Å². The third-order valence-corrected chi connectivity index (χ3v) is 9.02. The number of hydrogen-bond acceptors (Lipinski definition) is 11. The molecule has 0 aliphatic carbocycles. The molecule has 1 heterocycles. The van der Waals surface area contributed by atoms with Gasteiger partial charge in [0.15, 0.2) is 0 Å². The van der Waals surface area contributed by atoms with Crippen LogP contribution in [0, 0.1) is 10.1 Å². The van der Waals surface area contributed by atoms with Gasteiger partial charge in [-0.3, -0.25) is 19.7 Å². The third-order valence-electron chi connectivity index (χ3n) is 5.76. The number of aliphatic hydroxyl groups excluding tert-OH is 1. The first-order chi connectivity index (χ1) is 19.5. The number of nitrogens with zero attached hydrogens (tertiary/aromatic N) is 2. The molecule has 1 aromatic heterocycles. The number of nitro groups is 1. The molecule has 0 radical (unpaired) electrons. The van der Waals surface area contributed by atoms with E-state index in [0.717, 1.165) is 0 Å². The topological polar surface area (TPSA) is 182 Å². The molecule has 0 saturated heterocycles. The first-order valence-electron chi connectivity index (χ1n) is 13.7. The number of alkyl carbamates (subject to hydrolysis) is 1. The second-order valence-corrected chi connectivity index (χ2v) is 12.6. The first-order valence-corrected chi connectivity index (χ1v) is 15.8. The molecule has 15 heteroatoms. The summed E-state index contributed by atoms with van der Waals surface area (Å²) in [6, 6.07) is 3.01. The summed E-state index contributed by atoms with van der Waals surface area (Å²) in [5.41, 5.74) is -0.0577. The normalized spacial score (nSPS) is 12.7. The summed E-state index contributed by atoms with van der Waals surface area (Å²) in [4.78, 5) is 50.3. The Morgan fingerprint density at radius 1 is 1.05 bits per heavy atom. The van der Waals surface area contributed by atoms with E-state index in [-0.39, 0.29) is 60.6 Å². The number of carbonyl (C=O) groups excluding carboxylic acids is 3. The zero-order valence-corrected chi connectivity index (χ0v) is 25.8. The Morgan fingerprint density at radius 3 is 2.27 bits per heavy atom. The van der Waals surface area contributed by atoms with Crippen LogP contribution >= 0.6 is 21.6 Å². The fraction of sp³-hybridized carbons (Fsp3) is 0.692. The van der Waals surface area contributed by atoms with Crippen molar-refractivity contribution in [2.24, 2.45) is 0 Å². The summed E-state index contributed by atoms with van der Waals surface area (Å²) in [6.45, 7) is 8.75. The molecule has 232 valence electrons.